The van der Waals surface area contributed by atoms with Gasteiger partial charge in [-0.2, -0.15) is 0 Å². The quantitative estimate of drug-likeness (QED) is 0.557. The van der Waals surface area contributed by atoms with Crippen LogP contribution in [0.4, 0.5) is 0 Å². The first-order valence-electron chi connectivity index (χ1n) is 4.76. The fourth-order valence-corrected chi connectivity index (χ4v) is 2.00. The molecule has 5 N–H and O–H groups in total. The second-order valence-electron chi connectivity index (χ2n) is 4.10. The van der Waals surface area contributed by atoms with Crippen molar-refractivity contribution in [1.82, 2.24) is 0 Å². The Balaban J connectivity index is 2.56. The largest absolute Gasteiger partial charge is 0.390 e. The molecule has 3 nitrogen and oxygen atoms in total. The van der Waals surface area contributed by atoms with E-state index in [0.717, 1.165) is 19.3 Å². The molecule has 1 rings (SSSR count). The normalized spacial score (nSPS) is 39.5. The first-order valence-corrected chi connectivity index (χ1v) is 4.76. The van der Waals surface area contributed by atoms with Crippen molar-refractivity contribution in [2.45, 2.75) is 44.2 Å². The van der Waals surface area contributed by atoms with E-state index in [4.69, 9.17) is 11.5 Å². The zero-order valence-electron chi connectivity index (χ0n) is 7.79. The van der Waals surface area contributed by atoms with Gasteiger partial charge in [-0.05, 0) is 38.1 Å². The van der Waals surface area contributed by atoms with Crippen LogP contribution in [0.15, 0.2) is 0 Å². The lowest BCUT2D eigenvalue weighted by Crippen LogP contribution is -2.47. The second-order valence-corrected chi connectivity index (χ2v) is 4.10. The lowest BCUT2D eigenvalue weighted by atomic mass is 9.75. The molecule has 1 aliphatic carbocycles. The molecule has 3 unspecified atom stereocenters. The number of nitrogens with two attached hydrogens (primary N) is 2. The van der Waals surface area contributed by atoms with E-state index in [1.54, 1.807) is 0 Å². The molecule has 0 aromatic heterocycles. The van der Waals surface area contributed by atoms with Gasteiger partial charge in [0.05, 0.1) is 5.60 Å². The van der Waals surface area contributed by atoms with Crippen molar-refractivity contribution in [2.75, 3.05) is 6.54 Å². The SMILES string of the molecule is CC(CN)C1(O)CCCC(N)C1. The molecule has 0 amide bonds. The number of rotatable bonds is 2. The third-order valence-electron chi connectivity index (χ3n) is 3.07. The lowest BCUT2D eigenvalue weighted by Gasteiger charge is -2.39. The molecule has 0 aliphatic heterocycles. The molecule has 1 saturated carbocycles. The van der Waals surface area contributed by atoms with Gasteiger partial charge in [0.1, 0.15) is 0 Å². The third-order valence-corrected chi connectivity index (χ3v) is 3.07. The van der Waals surface area contributed by atoms with Crippen molar-refractivity contribution in [1.29, 1.82) is 0 Å². The Kier molecular flexibility index (Phi) is 3.09. The van der Waals surface area contributed by atoms with E-state index in [9.17, 15) is 5.11 Å². The van der Waals surface area contributed by atoms with Gasteiger partial charge < -0.3 is 16.6 Å². The first-order chi connectivity index (χ1) is 5.58. The Labute approximate surface area is 74.1 Å². The zero-order valence-corrected chi connectivity index (χ0v) is 7.79. The number of aliphatic hydroxyl groups is 1. The monoisotopic (exact) mass is 172 g/mol. The van der Waals surface area contributed by atoms with Crippen LogP contribution in [-0.4, -0.2) is 23.3 Å². The van der Waals surface area contributed by atoms with Crippen LogP contribution in [0.5, 0.6) is 0 Å². The average molecular weight is 172 g/mol. The van der Waals surface area contributed by atoms with E-state index in [2.05, 4.69) is 0 Å². The first kappa shape index (κ1) is 9.96. The topological polar surface area (TPSA) is 72.3 Å². The van der Waals surface area contributed by atoms with Crippen molar-refractivity contribution in [3.63, 3.8) is 0 Å². The van der Waals surface area contributed by atoms with Gasteiger partial charge in [-0.15, -0.1) is 0 Å². The van der Waals surface area contributed by atoms with Crippen LogP contribution in [0.25, 0.3) is 0 Å². The predicted octanol–water partition coefficient (Wildman–Crippen LogP) is 0.214. The molecule has 0 saturated heterocycles. The van der Waals surface area contributed by atoms with Gasteiger partial charge in [0.15, 0.2) is 0 Å². The Morgan fingerprint density at radius 1 is 1.67 bits per heavy atom. The number of hydrogen-bond donors (Lipinski definition) is 3. The van der Waals surface area contributed by atoms with Crippen molar-refractivity contribution in [3.05, 3.63) is 0 Å². The molecule has 3 heteroatoms. The van der Waals surface area contributed by atoms with Gasteiger partial charge in [-0.3, -0.25) is 0 Å². The highest BCUT2D eigenvalue weighted by molar-refractivity contribution is 4.91. The summed E-state index contributed by atoms with van der Waals surface area (Å²) < 4.78 is 0. The smallest absolute Gasteiger partial charge is 0.0699 e. The highest BCUT2D eigenvalue weighted by Gasteiger charge is 2.36. The average Bonchev–Trinajstić information content (AvgIpc) is 2.02. The van der Waals surface area contributed by atoms with Gasteiger partial charge in [0, 0.05) is 6.04 Å². The molecule has 3 atom stereocenters. The molecule has 0 spiro atoms. The van der Waals surface area contributed by atoms with E-state index >= 15 is 0 Å². The van der Waals surface area contributed by atoms with Crippen molar-refractivity contribution < 1.29 is 5.11 Å². The Hall–Kier alpha value is -0.120. The van der Waals surface area contributed by atoms with E-state index < -0.39 is 5.60 Å². The van der Waals surface area contributed by atoms with E-state index in [0.29, 0.717) is 13.0 Å². The van der Waals surface area contributed by atoms with Crippen LogP contribution in [0.2, 0.25) is 0 Å². The zero-order chi connectivity index (χ0) is 9.19. The Morgan fingerprint density at radius 2 is 2.33 bits per heavy atom. The summed E-state index contributed by atoms with van der Waals surface area (Å²) in [6.45, 7) is 2.54. The Bertz CT molecular complexity index is 151. The van der Waals surface area contributed by atoms with Gasteiger partial charge in [0.25, 0.3) is 0 Å². The molecule has 0 radical (unpaired) electrons. The van der Waals surface area contributed by atoms with E-state index in [-0.39, 0.29) is 12.0 Å². The molecular weight excluding hydrogens is 152 g/mol. The summed E-state index contributed by atoms with van der Waals surface area (Å²) in [5.41, 5.74) is 10.7. The molecule has 1 fully saturated rings. The van der Waals surface area contributed by atoms with E-state index in [1.807, 2.05) is 6.92 Å². The van der Waals surface area contributed by atoms with Gasteiger partial charge in [0.2, 0.25) is 0 Å². The van der Waals surface area contributed by atoms with E-state index in [1.165, 1.54) is 0 Å². The molecule has 72 valence electrons. The maximum absolute atomic E-state index is 10.2. The molecular formula is C9H20N2O. The molecule has 0 aromatic carbocycles. The maximum atomic E-state index is 10.2. The van der Waals surface area contributed by atoms with Crippen LogP contribution in [0.3, 0.4) is 0 Å². The fraction of sp³-hybridized carbons (Fsp3) is 1.00. The summed E-state index contributed by atoms with van der Waals surface area (Å²) in [6, 6.07) is 0.165. The predicted molar refractivity (Wildman–Crippen MR) is 49.6 cm³/mol. The molecule has 1 aliphatic rings. The van der Waals surface area contributed by atoms with Gasteiger partial charge in [-0.1, -0.05) is 6.92 Å². The fourth-order valence-electron chi connectivity index (χ4n) is 2.00. The Morgan fingerprint density at radius 3 is 2.83 bits per heavy atom. The van der Waals surface area contributed by atoms with Crippen molar-refractivity contribution >= 4 is 0 Å². The van der Waals surface area contributed by atoms with Crippen LogP contribution >= 0.6 is 0 Å². The lowest BCUT2D eigenvalue weighted by molar-refractivity contribution is -0.0451. The van der Waals surface area contributed by atoms with Gasteiger partial charge in [-0.25, -0.2) is 0 Å². The minimum absolute atomic E-state index is 0.165. The minimum atomic E-state index is -0.591. The summed E-state index contributed by atoms with van der Waals surface area (Å²) in [5.74, 6) is 0.170. The highest BCUT2D eigenvalue weighted by Crippen LogP contribution is 2.33. The molecule has 0 heterocycles. The van der Waals surface area contributed by atoms with Crippen LogP contribution in [0.1, 0.15) is 32.6 Å². The number of hydrogen-bond acceptors (Lipinski definition) is 3. The third kappa shape index (κ3) is 1.97. The standard InChI is InChI=1S/C9H20N2O/c1-7(6-10)9(12)4-2-3-8(11)5-9/h7-8,12H,2-6,10-11H2,1H3. The maximum Gasteiger partial charge on any atom is 0.0699 e. The molecule has 0 aromatic rings. The van der Waals surface area contributed by atoms with Crippen LogP contribution in [0, 0.1) is 5.92 Å². The highest BCUT2D eigenvalue weighted by atomic mass is 16.3. The molecule has 12 heavy (non-hydrogen) atoms. The summed E-state index contributed by atoms with van der Waals surface area (Å²) in [6.07, 6.45) is 3.64. The van der Waals surface area contributed by atoms with Gasteiger partial charge >= 0.3 is 0 Å². The summed E-state index contributed by atoms with van der Waals surface area (Å²) in [4.78, 5) is 0. The summed E-state index contributed by atoms with van der Waals surface area (Å²) >= 11 is 0. The van der Waals surface area contributed by atoms with Crippen LogP contribution < -0.4 is 11.5 Å². The van der Waals surface area contributed by atoms with Crippen molar-refractivity contribution in [2.24, 2.45) is 17.4 Å². The molecule has 0 bridgehead atoms. The minimum Gasteiger partial charge on any atom is -0.390 e. The van der Waals surface area contributed by atoms with Crippen molar-refractivity contribution in [3.8, 4) is 0 Å². The second kappa shape index (κ2) is 3.73. The summed E-state index contributed by atoms with van der Waals surface area (Å²) in [7, 11) is 0. The van der Waals surface area contributed by atoms with Crippen LogP contribution in [-0.2, 0) is 0 Å². The summed E-state index contributed by atoms with van der Waals surface area (Å²) in [5, 5.41) is 10.2.